The third-order valence-electron chi connectivity index (χ3n) is 2.58. The Morgan fingerprint density at radius 1 is 1.40 bits per heavy atom. The van der Waals surface area contributed by atoms with Crippen LogP contribution in [0, 0.1) is 6.92 Å². The maximum atomic E-state index is 5.55. The van der Waals surface area contributed by atoms with Gasteiger partial charge in [-0.25, -0.2) is 0 Å². The minimum absolute atomic E-state index is 0.784. The van der Waals surface area contributed by atoms with Gasteiger partial charge in [0.1, 0.15) is 11.6 Å². The third-order valence-corrected chi connectivity index (χ3v) is 2.58. The molecule has 0 unspecified atom stereocenters. The Balaban J connectivity index is 2.08. The van der Waals surface area contributed by atoms with Gasteiger partial charge in [-0.1, -0.05) is 0 Å². The molecule has 5 heteroatoms. The van der Waals surface area contributed by atoms with E-state index >= 15 is 0 Å². The first-order valence-corrected chi connectivity index (χ1v) is 5.04. The van der Waals surface area contributed by atoms with Crippen LogP contribution in [0.2, 0.25) is 0 Å². The van der Waals surface area contributed by atoms with Crippen LogP contribution in [-0.4, -0.2) is 21.3 Å². The normalized spacial score (nSPS) is 15.3. The van der Waals surface area contributed by atoms with E-state index in [4.69, 9.17) is 4.42 Å². The Hall–Kier alpha value is -1.62. The molecular formula is C10H12N4O. The summed E-state index contributed by atoms with van der Waals surface area (Å²) < 4.78 is 7.66. The van der Waals surface area contributed by atoms with Crippen LogP contribution in [0.3, 0.4) is 0 Å². The first-order valence-electron chi connectivity index (χ1n) is 5.04. The summed E-state index contributed by atoms with van der Waals surface area (Å²) in [6, 6.07) is 3.88. The lowest BCUT2D eigenvalue weighted by Gasteiger charge is -2.14. The number of aryl methyl sites for hydroxylation is 1. The highest BCUT2D eigenvalue weighted by Gasteiger charge is 2.18. The van der Waals surface area contributed by atoms with E-state index in [2.05, 4.69) is 20.1 Å². The van der Waals surface area contributed by atoms with Gasteiger partial charge < -0.3 is 14.3 Å². The van der Waals surface area contributed by atoms with Crippen molar-refractivity contribution in [3.05, 3.63) is 23.7 Å². The number of fused-ring (bicyclic) bond motifs is 1. The van der Waals surface area contributed by atoms with Crippen molar-refractivity contribution in [3.63, 3.8) is 0 Å². The molecule has 0 saturated carbocycles. The smallest absolute Gasteiger partial charge is 0.199 e. The molecule has 1 N–H and O–H groups in total. The van der Waals surface area contributed by atoms with E-state index in [9.17, 15) is 0 Å². The van der Waals surface area contributed by atoms with Crippen LogP contribution >= 0.6 is 0 Å². The number of hydrogen-bond acceptors (Lipinski definition) is 4. The number of furan rings is 1. The summed E-state index contributed by atoms with van der Waals surface area (Å²) in [6.45, 7) is 4.57. The largest absolute Gasteiger partial charge is 0.458 e. The lowest BCUT2D eigenvalue weighted by Crippen LogP contribution is -2.28. The second-order valence-electron chi connectivity index (χ2n) is 3.68. The number of rotatable bonds is 1. The van der Waals surface area contributed by atoms with Gasteiger partial charge in [0.25, 0.3) is 0 Å². The van der Waals surface area contributed by atoms with E-state index in [1.807, 2.05) is 19.1 Å². The molecule has 0 aromatic carbocycles. The molecule has 0 fully saturated rings. The number of hydrogen-bond donors (Lipinski definition) is 1. The fourth-order valence-corrected chi connectivity index (χ4v) is 1.83. The van der Waals surface area contributed by atoms with Gasteiger partial charge in [-0.05, 0) is 19.1 Å². The lowest BCUT2D eigenvalue weighted by molar-refractivity contribution is 0.496. The minimum Gasteiger partial charge on any atom is -0.458 e. The summed E-state index contributed by atoms with van der Waals surface area (Å²) in [6.07, 6.45) is 0. The zero-order valence-electron chi connectivity index (χ0n) is 8.53. The fraction of sp³-hybridized carbons (Fsp3) is 0.400. The van der Waals surface area contributed by atoms with Crippen molar-refractivity contribution in [1.82, 2.24) is 20.1 Å². The minimum atomic E-state index is 0.784. The predicted octanol–water partition coefficient (Wildman–Crippen LogP) is 0.950. The molecule has 0 spiro atoms. The molecule has 5 nitrogen and oxygen atoms in total. The van der Waals surface area contributed by atoms with Crippen molar-refractivity contribution in [2.75, 3.05) is 6.54 Å². The van der Waals surface area contributed by atoms with E-state index in [-0.39, 0.29) is 0 Å². The molecular weight excluding hydrogens is 192 g/mol. The zero-order chi connectivity index (χ0) is 10.3. The Morgan fingerprint density at radius 3 is 3.13 bits per heavy atom. The molecule has 2 aromatic heterocycles. The molecule has 1 aliphatic rings. The third kappa shape index (κ3) is 1.35. The SMILES string of the molecule is Cc1ccc(-c2nnc3n2CCNC3)o1. The summed E-state index contributed by atoms with van der Waals surface area (Å²) in [4.78, 5) is 0. The monoisotopic (exact) mass is 204 g/mol. The molecule has 0 atom stereocenters. The average Bonchev–Trinajstić information content (AvgIpc) is 2.83. The van der Waals surface area contributed by atoms with Gasteiger partial charge in [0, 0.05) is 13.1 Å². The maximum absolute atomic E-state index is 5.55. The lowest BCUT2D eigenvalue weighted by atomic mass is 10.3. The summed E-state index contributed by atoms with van der Waals surface area (Å²) in [7, 11) is 0. The molecule has 0 bridgehead atoms. The molecule has 0 aliphatic carbocycles. The highest BCUT2D eigenvalue weighted by molar-refractivity contribution is 5.47. The summed E-state index contributed by atoms with van der Waals surface area (Å²) in [5.41, 5.74) is 0. The highest BCUT2D eigenvalue weighted by atomic mass is 16.3. The van der Waals surface area contributed by atoms with Crippen LogP contribution in [-0.2, 0) is 13.1 Å². The fourth-order valence-electron chi connectivity index (χ4n) is 1.83. The quantitative estimate of drug-likeness (QED) is 0.751. The Labute approximate surface area is 87.1 Å². The second kappa shape index (κ2) is 3.20. The molecule has 1 aliphatic heterocycles. The number of aromatic nitrogens is 3. The summed E-state index contributed by atoms with van der Waals surface area (Å²) in [5.74, 6) is 3.51. The van der Waals surface area contributed by atoms with Crippen LogP contribution in [0.1, 0.15) is 11.6 Å². The van der Waals surface area contributed by atoms with Crippen molar-refractivity contribution in [1.29, 1.82) is 0 Å². The van der Waals surface area contributed by atoms with Gasteiger partial charge in [-0.3, -0.25) is 0 Å². The maximum Gasteiger partial charge on any atom is 0.199 e. The average molecular weight is 204 g/mol. The number of nitrogens with one attached hydrogen (secondary N) is 1. The van der Waals surface area contributed by atoms with Crippen LogP contribution in [0.5, 0.6) is 0 Å². The zero-order valence-corrected chi connectivity index (χ0v) is 8.53. The van der Waals surface area contributed by atoms with E-state index < -0.39 is 0 Å². The van der Waals surface area contributed by atoms with Gasteiger partial charge in [0.05, 0.1) is 6.54 Å². The van der Waals surface area contributed by atoms with Gasteiger partial charge >= 0.3 is 0 Å². The summed E-state index contributed by atoms with van der Waals surface area (Å²) >= 11 is 0. The molecule has 0 saturated heterocycles. The molecule has 3 rings (SSSR count). The van der Waals surface area contributed by atoms with E-state index in [1.54, 1.807) is 0 Å². The Kier molecular flexibility index (Phi) is 1.85. The van der Waals surface area contributed by atoms with Crippen LogP contribution in [0.4, 0.5) is 0 Å². The van der Waals surface area contributed by atoms with Crippen LogP contribution in [0.25, 0.3) is 11.6 Å². The van der Waals surface area contributed by atoms with Gasteiger partial charge in [-0.15, -0.1) is 10.2 Å². The molecule has 2 aromatic rings. The van der Waals surface area contributed by atoms with E-state index in [0.717, 1.165) is 42.8 Å². The summed E-state index contributed by atoms with van der Waals surface area (Å²) in [5, 5.41) is 11.6. The van der Waals surface area contributed by atoms with Gasteiger partial charge in [-0.2, -0.15) is 0 Å². The first kappa shape index (κ1) is 8.67. The standard InChI is InChI=1S/C10H12N4O/c1-7-2-3-8(15-7)10-13-12-9-6-11-4-5-14(9)10/h2-3,11H,4-6H2,1H3. The molecule has 78 valence electrons. The molecule has 3 heterocycles. The van der Waals surface area contributed by atoms with Crippen molar-refractivity contribution in [2.24, 2.45) is 0 Å². The predicted molar refractivity (Wildman–Crippen MR) is 54.2 cm³/mol. The van der Waals surface area contributed by atoms with E-state index in [1.165, 1.54) is 0 Å². The van der Waals surface area contributed by atoms with Crippen LogP contribution < -0.4 is 5.32 Å². The highest BCUT2D eigenvalue weighted by Crippen LogP contribution is 2.21. The Bertz CT molecular complexity index is 485. The molecule has 0 amide bonds. The number of nitrogens with zero attached hydrogens (tertiary/aromatic N) is 3. The first-order chi connectivity index (χ1) is 7.34. The molecule has 0 radical (unpaired) electrons. The second-order valence-corrected chi connectivity index (χ2v) is 3.68. The topological polar surface area (TPSA) is 55.9 Å². The van der Waals surface area contributed by atoms with Crippen LogP contribution in [0.15, 0.2) is 16.5 Å². The van der Waals surface area contributed by atoms with Gasteiger partial charge in [0.2, 0.25) is 0 Å². The molecule has 15 heavy (non-hydrogen) atoms. The van der Waals surface area contributed by atoms with Crippen molar-refractivity contribution in [3.8, 4) is 11.6 Å². The van der Waals surface area contributed by atoms with Crippen molar-refractivity contribution >= 4 is 0 Å². The van der Waals surface area contributed by atoms with E-state index in [0.29, 0.717) is 0 Å². The van der Waals surface area contributed by atoms with Crippen molar-refractivity contribution < 1.29 is 4.42 Å². The van der Waals surface area contributed by atoms with Gasteiger partial charge in [0.15, 0.2) is 11.6 Å². The van der Waals surface area contributed by atoms with Crippen molar-refractivity contribution in [2.45, 2.75) is 20.0 Å². The Morgan fingerprint density at radius 2 is 2.33 bits per heavy atom.